The van der Waals surface area contributed by atoms with Crippen LogP contribution in [-0.2, 0) is 0 Å². The van der Waals surface area contributed by atoms with Crippen LogP contribution in [0, 0.1) is 0 Å². The minimum atomic E-state index is -2.83. The van der Waals surface area contributed by atoms with Crippen molar-refractivity contribution in [2.45, 2.75) is 0 Å². The second-order valence-electron chi connectivity index (χ2n) is 1.99. The third-order valence-electron chi connectivity index (χ3n) is 1.24. The summed E-state index contributed by atoms with van der Waals surface area (Å²) < 4.78 is 9.28. The molecule has 0 spiro atoms. The standard InChI is InChI=1S/C7H7O4P.2ClH.2Mg/c1-10-6-2-4-7(5-3-6)11-12(8)9;;;;/h2-5H,1H3;2*1H;;/q-2;;;2*+2/p-2. The summed E-state index contributed by atoms with van der Waals surface area (Å²) in [7, 11) is -1.30. The van der Waals surface area contributed by atoms with Gasteiger partial charge in [-0.25, -0.2) is 0 Å². The van der Waals surface area contributed by atoms with E-state index in [2.05, 4.69) is 4.52 Å². The zero-order valence-corrected chi connectivity index (χ0v) is 13.8. The number of methoxy groups -OCH3 is 1. The van der Waals surface area contributed by atoms with Crippen LogP contribution in [0.25, 0.3) is 0 Å². The zero-order chi connectivity index (χ0) is 8.97. The summed E-state index contributed by atoms with van der Waals surface area (Å²) in [4.78, 5) is 20.2. The maximum Gasteiger partial charge on any atom is 2.00 e. The molecule has 4 nitrogen and oxygen atoms in total. The molecule has 82 valence electrons. The number of hydrogen-bond acceptors (Lipinski definition) is 4. The number of hydrogen-bond donors (Lipinski definition) is 0. The van der Waals surface area contributed by atoms with Gasteiger partial charge < -0.3 is 43.9 Å². The Morgan fingerprint density at radius 2 is 1.31 bits per heavy atom. The van der Waals surface area contributed by atoms with E-state index >= 15 is 0 Å². The molecular formula is C7H7Cl2Mg2O4P. The number of rotatable bonds is 3. The number of halogens is 2. The largest absolute Gasteiger partial charge is 2.00 e. The minimum Gasteiger partial charge on any atom is -1.00 e. The first-order chi connectivity index (χ1) is 5.72. The van der Waals surface area contributed by atoms with Gasteiger partial charge in [0.1, 0.15) is 11.5 Å². The normalized spacial score (nSPS) is 7.50. The fraction of sp³-hybridized carbons (Fsp3) is 0.143. The molecular weight excluding hydrogens is 299 g/mol. The summed E-state index contributed by atoms with van der Waals surface area (Å²) in [6, 6.07) is 6.27. The maximum absolute atomic E-state index is 10.1. The van der Waals surface area contributed by atoms with Crippen LogP contribution >= 0.6 is 8.60 Å². The topological polar surface area (TPSA) is 64.6 Å². The summed E-state index contributed by atoms with van der Waals surface area (Å²) in [5.41, 5.74) is 0. The summed E-state index contributed by atoms with van der Waals surface area (Å²) in [6.07, 6.45) is 0. The van der Waals surface area contributed by atoms with E-state index in [0.29, 0.717) is 5.75 Å². The summed E-state index contributed by atoms with van der Waals surface area (Å²) >= 11 is 0. The molecule has 0 aliphatic carbocycles. The van der Waals surface area contributed by atoms with Crippen LogP contribution in [0.3, 0.4) is 0 Å². The van der Waals surface area contributed by atoms with Gasteiger partial charge in [0.2, 0.25) is 0 Å². The van der Waals surface area contributed by atoms with E-state index < -0.39 is 8.60 Å². The molecule has 0 atom stereocenters. The Morgan fingerprint density at radius 1 is 0.938 bits per heavy atom. The van der Waals surface area contributed by atoms with Crippen molar-refractivity contribution in [1.82, 2.24) is 0 Å². The maximum atomic E-state index is 10.1. The molecule has 9 heteroatoms. The Hall–Kier alpha value is 1.28. The van der Waals surface area contributed by atoms with Gasteiger partial charge in [-0.15, -0.1) is 0 Å². The molecule has 1 aromatic carbocycles. The monoisotopic (exact) mass is 304 g/mol. The van der Waals surface area contributed by atoms with E-state index in [0.717, 1.165) is 0 Å². The first-order valence-corrected chi connectivity index (χ1v) is 4.28. The average molecular weight is 306 g/mol. The molecule has 0 aromatic heterocycles. The van der Waals surface area contributed by atoms with Crippen LogP contribution in [-0.4, -0.2) is 53.2 Å². The van der Waals surface area contributed by atoms with Gasteiger partial charge in [0.15, 0.2) is 0 Å². The van der Waals surface area contributed by atoms with Crippen LogP contribution in [0.1, 0.15) is 0 Å². The van der Waals surface area contributed by atoms with Crippen molar-refractivity contribution in [2.75, 3.05) is 7.11 Å². The average Bonchev–Trinajstić information content (AvgIpc) is 2.05. The van der Waals surface area contributed by atoms with Crippen molar-refractivity contribution in [3.05, 3.63) is 24.3 Å². The minimum absolute atomic E-state index is 0. The molecule has 0 fully saturated rings. The van der Waals surface area contributed by atoms with Gasteiger partial charge in [0.25, 0.3) is 0 Å². The molecule has 0 saturated heterocycles. The van der Waals surface area contributed by atoms with Gasteiger partial charge in [-0.3, -0.25) is 0 Å². The predicted octanol–water partition coefficient (Wildman–Crippen LogP) is -6.73. The summed E-state index contributed by atoms with van der Waals surface area (Å²) in [5.74, 6) is 0.940. The fourth-order valence-electron chi connectivity index (χ4n) is 0.723. The third kappa shape index (κ3) is 10.4. The van der Waals surface area contributed by atoms with Crippen molar-refractivity contribution in [3.8, 4) is 11.5 Å². The van der Waals surface area contributed by atoms with Crippen LogP contribution in [0.2, 0.25) is 0 Å². The van der Waals surface area contributed by atoms with E-state index in [1.807, 2.05) is 0 Å². The van der Waals surface area contributed by atoms with Gasteiger partial charge in [-0.2, -0.15) is 0 Å². The van der Waals surface area contributed by atoms with Gasteiger partial charge in [-0.1, -0.05) is 8.60 Å². The number of ether oxygens (including phenoxy) is 1. The van der Waals surface area contributed by atoms with Gasteiger partial charge in [0.05, 0.1) is 7.11 Å². The quantitative estimate of drug-likeness (QED) is 0.411. The first-order valence-electron chi connectivity index (χ1n) is 3.19. The SMILES string of the molecule is COc1ccc(OP([O-])[O-])cc1.[Cl-].[Cl-].[Mg+2].[Mg+2]. The van der Waals surface area contributed by atoms with Crippen molar-refractivity contribution in [2.24, 2.45) is 0 Å². The smallest absolute Gasteiger partial charge is 1.00 e. The van der Waals surface area contributed by atoms with Gasteiger partial charge >= 0.3 is 46.1 Å². The van der Waals surface area contributed by atoms with Crippen LogP contribution < -0.4 is 43.9 Å². The van der Waals surface area contributed by atoms with E-state index in [-0.39, 0.29) is 76.7 Å². The fourth-order valence-corrected chi connectivity index (χ4v) is 1.02. The van der Waals surface area contributed by atoms with Crippen LogP contribution in [0.4, 0.5) is 0 Å². The van der Waals surface area contributed by atoms with Crippen LogP contribution in [0.15, 0.2) is 24.3 Å². The van der Waals surface area contributed by atoms with E-state index in [1.165, 1.54) is 19.2 Å². The predicted molar refractivity (Wildman–Crippen MR) is 52.1 cm³/mol. The van der Waals surface area contributed by atoms with E-state index in [1.54, 1.807) is 12.1 Å². The van der Waals surface area contributed by atoms with Crippen molar-refractivity contribution in [3.63, 3.8) is 0 Å². The van der Waals surface area contributed by atoms with E-state index in [4.69, 9.17) is 4.74 Å². The molecule has 1 aromatic rings. The van der Waals surface area contributed by atoms with Crippen molar-refractivity contribution in [1.29, 1.82) is 0 Å². The molecule has 0 amide bonds. The molecule has 0 aliphatic rings. The molecule has 0 aliphatic heterocycles. The van der Waals surface area contributed by atoms with Gasteiger partial charge in [0, 0.05) is 0 Å². The molecule has 0 heterocycles. The molecule has 1 rings (SSSR count). The molecule has 0 unspecified atom stereocenters. The Labute approximate surface area is 140 Å². The zero-order valence-electron chi connectivity index (χ0n) is 8.56. The summed E-state index contributed by atoms with van der Waals surface area (Å²) in [6.45, 7) is 0. The van der Waals surface area contributed by atoms with Crippen LogP contribution in [0.5, 0.6) is 11.5 Å². The first kappa shape index (κ1) is 26.0. The molecule has 0 N–H and O–H groups in total. The van der Waals surface area contributed by atoms with Crippen molar-refractivity contribution < 1.29 is 43.9 Å². The molecule has 0 bridgehead atoms. The number of benzene rings is 1. The second-order valence-corrected chi connectivity index (χ2v) is 2.62. The van der Waals surface area contributed by atoms with Gasteiger partial charge in [-0.05, 0) is 24.3 Å². The Balaban J connectivity index is -0.000000180. The molecule has 0 radical (unpaired) electrons. The second kappa shape index (κ2) is 14.3. The summed E-state index contributed by atoms with van der Waals surface area (Å²) in [5, 5.41) is 0. The van der Waals surface area contributed by atoms with Crippen molar-refractivity contribution >= 4 is 54.7 Å². The Bertz CT molecular complexity index is 251. The molecule has 0 saturated carbocycles. The molecule has 16 heavy (non-hydrogen) atoms. The third-order valence-corrected chi connectivity index (χ3v) is 1.60. The Kier molecular flexibility index (Phi) is 23.3. The Morgan fingerprint density at radius 3 is 1.62 bits per heavy atom. The van der Waals surface area contributed by atoms with E-state index in [9.17, 15) is 9.79 Å².